The molecule has 1 aromatic heterocycles. The first-order chi connectivity index (χ1) is 10.1. The molecule has 0 saturated carbocycles. The third-order valence-electron chi connectivity index (χ3n) is 4.11. The number of pyridine rings is 1. The van der Waals surface area contributed by atoms with Gasteiger partial charge < -0.3 is 15.7 Å². The van der Waals surface area contributed by atoms with Crippen molar-refractivity contribution in [2.24, 2.45) is 5.73 Å². The van der Waals surface area contributed by atoms with Crippen LogP contribution in [0.5, 0.6) is 0 Å². The van der Waals surface area contributed by atoms with Crippen molar-refractivity contribution in [3.05, 3.63) is 35.5 Å². The third-order valence-corrected chi connectivity index (χ3v) is 4.11. The number of carbonyl (C=O) groups excluding carboxylic acids is 1. The van der Waals surface area contributed by atoms with E-state index in [1.807, 2.05) is 6.07 Å². The van der Waals surface area contributed by atoms with Crippen LogP contribution in [-0.4, -0.2) is 35.2 Å². The first kappa shape index (κ1) is 13.8. The average Bonchev–Trinajstić information content (AvgIpc) is 2.93. The second-order valence-corrected chi connectivity index (χ2v) is 5.40. The van der Waals surface area contributed by atoms with Gasteiger partial charge in [-0.1, -0.05) is 12.1 Å². The van der Waals surface area contributed by atoms with Gasteiger partial charge in [-0.15, -0.1) is 0 Å². The van der Waals surface area contributed by atoms with Crippen LogP contribution in [0.3, 0.4) is 0 Å². The van der Waals surface area contributed by atoms with E-state index in [2.05, 4.69) is 16.0 Å². The van der Waals surface area contributed by atoms with E-state index in [-0.39, 0.29) is 12.6 Å². The van der Waals surface area contributed by atoms with E-state index in [1.54, 1.807) is 19.1 Å². The number of carbonyl (C=O) groups is 1. The Balaban J connectivity index is 2.31. The first-order valence-electron chi connectivity index (χ1n) is 7.11. The maximum absolute atomic E-state index is 11.9. The van der Waals surface area contributed by atoms with Crippen LogP contribution in [0, 0.1) is 13.0 Å². The molecule has 0 bridgehead atoms. The molecule has 2 aromatic rings. The molecule has 5 nitrogen and oxygen atoms in total. The van der Waals surface area contributed by atoms with Crippen LogP contribution in [-0.2, 0) is 0 Å². The Kier molecular flexibility index (Phi) is 3.51. The Morgan fingerprint density at radius 3 is 3.14 bits per heavy atom. The second-order valence-electron chi connectivity index (χ2n) is 5.40. The summed E-state index contributed by atoms with van der Waals surface area (Å²) in [6.07, 6.45) is 1.90. The molecule has 109 valence electrons. The number of aryl methyl sites for hydroxylation is 1. The SMILES string of the molecule is Cc1nc2c[c]ccc2c(N2CCC[C@H]2CO)c1C(N)=O. The van der Waals surface area contributed by atoms with E-state index < -0.39 is 5.91 Å². The van der Waals surface area contributed by atoms with Crippen molar-refractivity contribution in [3.8, 4) is 0 Å². The molecular formula is C16H18N3O2. The van der Waals surface area contributed by atoms with Gasteiger partial charge in [0.05, 0.1) is 35.1 Å². The van der Waals surface area contributed by atoms with Gasteiger partial charge in [-0.25, -0.2) is 0 Å². The highest BCUT2D eigenvalue weighted by Gasteiger charge is 2.29. The van der Waals surface area contributed by atoms with Gasteiger partial charge in [0.25, 0.3) is 5.91 Å². The van der Waals surface area contributed by atoms with Crippen molar-refractivity contribution in [2.75, 3.05) is 18.1 Å². The number of aliphatic hydroxyl groups excluding tert-OH is 1. The van der Waals surface area contributed by atoms with E-state index in [9.17, 15) is 9.90 Å². The number of hydrogen-bond acceptors (Lipinski definition) is 4. The molecule has 0 aliphatic carbocycles. The molecule has 1 aliphatic rings. The maximum atomic E-state index is 11.9. The van der Waals surface area contributed by atoms with Crippen LogP contribution in [0.1, 0.15) is 28.9 Å². The summed E-state index contributed by atoms with van der Waals surface area (Å²) in [6, 6.07) is 8.54. The van der Waals surface area contributed by atoms with Crippen molar-refractivity contribution in [2.45, 2.75) is 25.8 Å². The lowest BCUT2D eigenvalue weighted by Crippen LogP contribution is -2.34. The summed E-state index contributed by atoms with van der Waals surface area (Å²) in [5.74, 6) is -0.478. The van der Waals surface area contributed by atoms with Gasteiger partial charge >= 0.3 is 0 Å². The fourth-order valence-corrected chi connectivity index (χ4v) is 3.17. The molecule has 5 heteroatoms. The fraction of sp³-hybridized carbons (Fsp3) is 0.375. The van der Waals surface area contributed by atoms with Crippen molar-refractivity contribution in [1.82, 2.24) is 4.98 Å². The number of nitrogens with zero attached hydrogens (tertiary/aromatic N) is 2. The lowest BCUT2D eigenvalue weighted by molar-refractivity contribution is 0.0999. The predicted molar refractivity (Wildman–Crippen MR) is 81.3 cm³/mol. The normalized spacial score (nSPS) is 18.4. The molecule has 3 N–H and O–H groups in total. The van der Waals surface area contributed by atoms with Crippen LogP contribution in [0.4, 0.5) is 5.69 Å². The van der Waals surface area contributed by atoms with Crippen LogP contribution >= 0.6 is 0 Å². The van der Waals surface area contributed by atoms with Crippen molar-refractivity contribution >= 4 is 22.5 Å². The zero-order valence-electron chi connectivity index (χ0n) is 12.0. The third kappa shape index (κ3) is 2.23. The van der Waals surface area contributed by atoms with Gasteiger partial charge in [0, 0.05) is 11.9 Å². The van der Waals surface area contributed by atoms with Crippen molar-refractivity contribution in [1.29, 1.82) is 0 Å². The Morgan fingerprint density at radius 1 is 1.62 bits per heavy atom. The summed E-state index contributed by atoms with van der Waals surface area (Å²) in [5.41, 5.74) is 8.25. The van der Waals surface area contributed by atoms with E-state index >= 15 is 0 Å². The maximum Gasteiger partial charge on any atom is 0.252 e. The number of fused-ring (bicyclic) bond motifs is 1. The van der Waals surface area contributed by atoms with Gasteiger partial charge in [-0.2, -0.15) is 0 Å². The summed E-state index contributed by atoms with van der Waals surface area (Å²) in [7, 11) is 0. The standard InChI is InChI=1S/C16H18N3O2/c1-10-14(16(17)21)15(19-8-4-5-11(19)9-20)12-6-2-3-7-13(12)18-10/h2,6-7,11,20H,4-5,8-9H2,1H3,(H2,17,21)/t11-/m0/s1. The lowest BCUT2D eigenvalue weighted by Gasteiger charge is -2.28. The largest absolute Gasteiger partial charge is 0.394 e. The molecule has 1 radical (unpaired) electrons. The highest BCUT2D eigenvalue weighted by molar-refractivity contribution is 6.08. The van der Waals surface area contributed by atoms with Crippen molar-refractivity contribution in [3.63, 3.8) is 0 Å². The zero-order chi connectivity index (χ0) is 15.0. The fourth-order valence-electron chi connectivity index (χ4n) is 3.17. The highest BCUT2D eigenvalue weighted by Crippen LogP contribution is 2.35. The number of rotatable bonds is 3. The zero-order valence-corrected chi connectivity index (χ0v) is 12.0. The minimum atomic E-state index is -0.478. The monoisotopic (exact) mass is 284 g/mol. The minimum Gasteiger partial charge on any atom is -0.394 e. The van der Waals surface area contributed by atoms with E-state index in [1.165, 1.54) is 0 Å². The molecule has 1 atom stereocenters. The number of benzene rings is 1. The molecule has 3 rings (SSSR count). The molecule has 1 fully saturated rings. The quantitative estimate of drug-likeness (QED) is 0.893. The molecule has 0 spiro atoms. The molecular weight excluding hydrogens is 266 g/mol. The average molecular weight is 284 g/mol. The summed E-state index contributed by atoms with van der Waals surface area (Å²) >= 11 is 0. The van der Waals surface area contributed by atoms with Crippen LogP contribution < -0.4 is 10.6 Å². The van der Waals surface area contributed by atoms with Gasteiger partial charge in [0.15, 0.2) is 0 Å². The molecule has 2 heterocycles. The molecule has 1 amide bonds. The summed E-state index contributed by atoms with van der Waals surface area (Å²) in [4.78, 5) is 18.5. The van der Waals surface area contributed by atoms with E-state index in [4.69, 9.17) is 5.73 Å². The minimum absolute atomic E-state index is 0.0253. The van der Waals surface area contributed by atoms with Gasteiger partial charge in [0.2, 0.25) is 0 Å². The van der Waals surface area contributed by atoms with E-state index in [0.717, 1.165) is 36.0 Å². The first-order valence-corrected chi connectivity index (χ1v) is 7.11. The van der Waals surface area contributed by atoms with Gasteiger partial charge in [-0.3, -0.25) is 9.78 Å². The topological polar surface area (TPSA) is 79.4 Å². The van der Waals surface area contributed by atoms with Gasteiger partial charge in [-0.05, 0) is 31.9 Å². The Hall–Kier alpha value is -2.14. The second kappa shape index (κ2) is 5.33. The van der Waals surface area contributed by atoms with Crippen LogP contribution in [0.2, 0.25) is 0 Å². The lowest BCUT2D eigenvalue weighted by atomic mass is 10.0. The molecule has 21 heavy (non-hydrogen) atoms. The Morgan fingerprint density at radius 2 is 2.43 bits per heavy atom. The number of aliphatic hydroxyl groups is 1. The predicted octanol–water partition coefficient (Wildman–Crippen LogP) is 1.40. The molecule has 1 aliphatic heterocycles. The van der Waals surface area contributed by atoms with Crippen LogP contribution in [0.25, 0.3) is 10.9 Å². The number of anilines is 1. The number of primary amides is 1. The number of hydrogen-bond donors (Lipinski definition) is 2. The number of nitrogens with two attached hydrogens (primary N) is 1. The van der Waals surface area contributed by atoms with Gasteiger partial charge in [0.1, 0.15) is 0 Å². The summed E-state index contributed by atoms with van der Waals surface area (Å²) in [5, 5.41) is 10.5. The Bertz CT molecular complexity index is 699. The summed E-state index contributed by atoms with van der Waals surface area (Å²) < 4.78 is 0. The number of aromatic nitrogens is 1. The molecule has 1 aromatic carbocycles. The summed E-state index contributed by atoms with van der Waals surface area (Å²) in [6.45, 7) is 2.67. The smallest absolute Gasteiger partial charge is 0.252 e. The Labute approximate surface area is 123 Å². The number of amides is 1. The molecule has 1 saturated heterocycles. The van der Waals surface area contributed by atoms with E-state index in [0.29, 0.717) is 11.3 Å². The molecule has 0 unspecified atom stereocenters. The van der Waals surface area contributed by atoms with Crippen LogP contribution in [0.15, 0.2) is 18.2 Å². The van der Waals surface area contributed by atoms with Crippen molar-refractivity contribution < 1.29 is 9.90 Å². The highest BCUT2D eigenvalue weighted by atomic mass is 16.3.